The van der Waals surface area contributed by atoms with Crippen molar-refractivity contribution in [2.45, 2.75) is 19.8 Å². The molecular weight excluding hydrogens is 438 g/mol. The molecule has 0 fully saturated rings. The van der Waals surface area contributed by atoms with E-state index in [1.807, 2.05) is 6.07 Å². The zero-order chi connectivity index (χ0) is 24.7. The van der Waals surface area contributed by atoms with Crippen LogP contribution in [-0.4, -0.2) is 50.2 Å². The van der Waals surface area contributed by atoms with Crippen LogP contribution in [0.1, 0.15) is 35.7 Å². The van der Waals surface area contributed by atoms with E-state index < -0.39 is 23.8 Å². The summed E-state index contributed by atoms with van der Waals surface area (Å²) in [4.78, 5) is 40.6. The number of hydrogen-bond donors (Lipinski definition) is 0. The summed E-state index contributed by atoms with van der Waals surface area (Å²) in [7, 11) is 2.96. The summed E-state index contributed by atoms with van der Waals surface area (Å²) in [6.45, 7) is 3.65. The number of nitrogens with zero attached hydrogens (tertiary/aromatic N) is 1. The van der Waals surface area contributed by atoms with Crippen LogP contribution in [0.3, 0.4) is 0 Å². The number of amides is 1. The average Bonchev–Trinajstić information content (AvgIpc) is 2.87. The smallest absolute Gasteiger partial charge is 0.336 e. The highest BCUT2D eigenvalue weighted by atomic mass is 16.5. The number of hydrogen-bond acceptors (Lipinski definition) is 7. The molecule has 178 valence electrons. The predicted octanol–water partition coefficient (Wildman–Crippen LogP) is 3.84. The summed E-state index contributed by atoms with van der Waals surface area (Å²) < 4.78 is 21.1. The van der Waals surface area contributed by atoms with Crippen LogP contribution in [0, 0.1) is 0 Å². The maximum absolute atomic E-state index is 13.5. The standard InChI is InChI=1S/C26H27NO7/c1-5-33-25(29)21-15-27(24(28)18-12-19(31-3)14-20(13-18)32-4)16-22(26(30)34-6-2)23(21)17-10-8-7-9-11-17/h7-16,23H,5-6H2,1-4H3. The van der Waals surface area contributed by atoms with E-state index >= 15 is 0 Å². The lowest BCUT2D eigenvalue weighted by Crippen LogP contribution is -2.32. The zero-order valence-electron chi connectivity index (χ0n) is 19.6. The molecule has 1 aliphatic heterocycles. The monoisotopic (exact) mass is 465 g/mol. The first kappa shape index (κ1) is 24.6. The van der Waals surface area contributed by atoms with E-state index in [0.717, 1.165) is 0 Å². The highest BCUT2D eigenvalue weighted by molar-refractivity contribution is 6.02. The third-order valence-electron chi connectivity index (χ3n) is 5.17. The molecule has 1 heterocycles. The summed E-state index contributed by atoms with van der Waals surface area (Å²) in [6, 6.07) is 13.8. The summed E-state index contributed by atoms with van der Waals surface area (Å²) in [5.74, 6) is -1.67. The van der Waals surface area contributed by atoms with Gasteiger partial charge < -0.3 is 18.9 Å². The van der Waals surface area contributed by atoms with Gasteiger partial charge in [0.15, 0.2) is 0 Å². The van der Waals surface area contributed by atoms with Gasteiger partial charge in [0.05, 0.1) is 44.5 Å². The summed E-state index contributed by atoms with van der Waals surface area (Å²) in [5, 5.41) is 0. The van der Waals surface area contributed by atoms with E-state index in [-0.39, 0.29) is 29.9 Å². The molecule has 2 aromatic carbocycles. The molecule has 0 atom stereocenters. The van der Waals surface area contributed by atoms with Gasteiger partial charge in [0.25, 0.3) is 5.91 Å². The van der Waals surface area contributed by atoms with E-state index in [1.165, 1.54) is 31.5 Å². The Morgan fingerprint density at radius 3 is 1.74 bits per heavy atom. The van der Waals surface area contributed by atoms with E-state index in [4.69, 9.17) is 18.9 Å². The normalized spacial score (nSPS) is 13.5. The molecule has 1 amide bonds. The number of benzene rings is 2. The Kier molecular flexibility index (Phi) is 8.08. The van der Waals surface area contributed by atoms with Crippen LogP contribution in [-0.2, 0) is 19.1 Å². The van der Waals surface area contributed by atoms with E-state index in [1.54, 1.807) is 56.3 Å². The lowest BCUT2D eigenvalue weighted by atomic mass is 9.83. The van der Waals surface area contributed by atoms with Gasteiger partial charge in [0, 0.05) is 24.0 Å². The summed E-state index contributed by atoms with van der Waals surface area (Å²) in [5.41, 5.74) is 1.22. The Morgan fingerprint density at radius 1 is 0.794 bits per heavy atom. The van der Waals surface area contributed by atoms with Gasteiger partial charge in [0.2, 0.25) is 0 Å². The third-order valence-corrected chi connectivity index (χ3v) is 5.17. The molecule has 8 nitrogen and oxygen atoms in total. The molecule has 0 spiro atoms. The number of methoxy groups -OCH3 is 2. The van der Waals surface area contributed by atoms with E-state index in [0.29, 0.717) is 17.1 Å². The highest BCUT2D eigenvalue weighted by Gasteiger charge is 2.37. The molecule has 0 radical (unpaired) electrons. The summed E-state index contributed by atoms with van der Waals surface area (Å²) in [6.07, 6.45) is 2.79. The number of rotatable bonds is 8. The molecule has 0 bridgehead atoms. The fraction of sp³-hybridized carbons (Fsp3) is 0.269. The molecule has 3 rings (SSSR count). The Bertz CT molecular complexity index is 1060. The Hall–Kier alpha value is -4.07. The first-order valence-electron chi connectivity index (χ1n) is 10.8. The Balaban J connectivity index is 2.15. The third kappa shape index (κ3) is 5.28. The van der Waals surface area contributed by atoms with Gasteiger partial charge in [-0.25, -0.2) is 9.59 Å². The van der Waals surface area contributed by atoms with Crippen molar-refractivity contribution >= 4 is 17.8 Å². The topological polar surface area (TPSA) is 91.4 Å². The van der Waals surface area contributed by atoms with Crippen LogP contribution in [0.2, 0.25) is 0 Å². The minimum atomic E-state index is -0.761. The fourth-order valence-corrected chi connectivity index (χ4v) is 3.63. The van der Waals surface area contributed by atoms with Gasteiger partial charge in [-0.05, 0) is 31.5 Å². The van der Waals surface area contributed by atoms with Crippen molar-refractivity contribution in [3.63, 3.8) is 0 Å². The van der Waals surface area contributed by atoms with E-state index in [9.17, 15) is 14.4 Å². The fourth-order valence-electron chi connectivity index (χ4n) is 3.63. The molecule has 0 aliphatic carbocycles. The van der Waals surface area contributed by atoms with Crippen molar-refractivity contribution in [2.75, 3.05) is 27.4 Å². The van der Waals surface area contributed by atoms with Crippen molar-refractivity contribution in [1.82, 2.24) is 4.90 Å². The maximum atomic E-state index is 13.5. The van der Waals surface area contributed by atoms with Gasteiger partial charge in [0.1, 0.15) is 11.5 Å². The SMILES string of the molecule is CCOC(=O)C1=CN(C(=O)c2cc(OC)cc(OC)c2)C=C(C(=O)OCC)C1c1ccccc1. The van der Waals surface area contributed by atoms with Crippen LogP contribution < -0.4 is 9.47 Å². The molecule has 34 heavy (non-hydrogen) atoms. The lowest BCUT2D eigenvalue weighted by molar-refractivity contribution is -0.139. The minimum absolute atomic E-state index is 0.136. The minimum Gasteiger partial charge on any atom is -0.497 e. The average molecular weight is 466 g/mol. The molecule has 0 saturated carbocycles. The quantitative estimate of drug-likeness (QED) is 0.547. The van der Waals surface area contributed by atoms with Crippen LogP contribution in [0.4, 0.5) is 0 Å². The van der Waals surface area contributed by atoms with Gasteiger partial charge in [-0.15, -0.1) is 0 Å². The second-order valence-electron chi connectivity index (χ2n) is 7.27. The lowest BCUT2D eigenvalue weighted by Gasteiger charge is -2.29. The molecule has 0 saturated heterocycles. The van der Waals surface area contributed by atoms with Crippen LogP contribution in [0.15, 0.2) is 72.1 Å². The van der Waals surface area contributed by atoms with Gasteiger partial charge >= 0.3 is 11.9 Å². The largest absolute Gasteiger partial charge is 0.497 e. The van der Waals surface area contributed by atoms with Gasteiger partial charge in [-0.2, -0.15) is 0 Å². The maximum Gasteiger partial charge on any atom is 0.336 e. The van der Waals surface area contributed by atoms with E-state index in [2.05, 4.69) is 0 Å². The van der Waals surface area contributed by atoms with Crippen LogP contribution in [0.5, 0.6) is 11.5 Å². The molecule has 0 unspecified atom stereocenters. The zero-order valence-corrected chi connectivity index (χ0v) is 19.6. The molecular formula is C26H27NO7. The second kappa shape index (κ2) is 11.2. The molecule has 8 heteroatoms. The molecule has 1 aliphatic rings. The molecule has 0 N–H and O–H groups in total. The number of carbonyl (C=O) groups excluding carboxylic acids is 3. The molecule has 2 aromatic rings. The Morgan fingerprint density at radius 2 is 1.29 bits per heavy atom. The number of esters is 2. The van der Waals surface area contributed by atoms with Crippen LogP contribution in [0.25, 0.3) is 0 Å². The van der Waals surface area contributed by atoms with Crippen molar-refractivity contribution in [1.29, 1.82) is 0 Å². The van der Waals surface area contributed by atoms with Crippen LogP contribution >= 0.6 is 0 Å². The predicted molar refractivity (Wildman–Crippen MR) is 124 cm³/mol. The van der Waals surface area contributed by atoms with Crippen molar-refractivity contribution in [3.05, 3.63) is 83.2 Å². The molecule has 0 aromatic heterocycles. The first-order valence-corrected chi connectivity index (χ1v) is 10.8. The van der Waals surface area contributed by atoms with Gasteiger partial charge in [-0.3, -0.25) is 9.69 Å². The summed E-state index contributed by atoms with van der Waals surface area (Å²) >= 11 is 0. The van der Waals surface area contributed by atoms with Crippen molar-refractivity contribution in [3.8, 4) is 11.5 Å². The van der Waals surface area contributed by atoms with Crippen molar-refractivity contribution < 1.29 is 33.3 Å². The first-order chi connectivity index (χ1) is 16.4. The van der Waals surface area contributed by atoms with Crippen molar-refractivity contribution in [2.24, 2.45) is 0 Å². The number of ether oxygens (including phenoxy) is 4. The second-order valence-corrected chi connectivity index (χ2v) is 7.27. The Labute approximate surface area is 198 Å². The highest BCUT2D eigenvalue weighted by Crippen LogP contribution is 2.37. The number of carbonyl (C=O) groups is 3. The van der Waals surface area contributed by atoms with Gasteiger partial charge in [-0.1, -0.05) is 30.3 Å².